The van der Waals surface area contributed by atoms with Crippen molar-refractivity contribution in [3.63, 3.8) is 0 Å². The summed E-state index contributed by atoms with van der Waals surface area (Å²) in [5, 5.41) is 46.8. The second-order valence-corrected chi connectivity index (χ2v) is 17.6. The Kier molecular flexibility index (Phi) is 18.2. The van der Waals surface area contributed by atoms with E-state index in [1.807, 2.05) is 18.2 Å². The van der Waals surface area contributed by atoms with Crippen molar-refractivity contribution in [1.29, 1.82) is 0 Å². The molecule has 6 nitrogen and oxygen atoms in total. The first kappa shape index (κ1) is 47.0. The summed E-state index contributed by atoms with van der Waals surface area (Å²) in [6.07, 6.45) is 0.960. The molecular weight excluding hydrogens is 688 g/mol. The Labute approximate surface area is 318 Å². The second-order valence-electron chi connectivity index (χ2n) is 17.6. The third kappa shape index (κ3) is 16.2. The summed E-state index contributed by atoms with van der Waals surface area (Å²) in [7, 11) is 0. The Balaban J connectivity index is 0.00000230. The molecule has 7 heteroatoms. The zero-order valence-electron chi connectivity index (χ0n) is 33.4. The maximum atomic E-state index is 13.9. The molecule has 3 rings (SSSR count). The van der Waals surface area contributed by atoms with Crippen LogP contribution in [0.1, 0.15) is 150 Å². The summed E-state index contributed by atoms with van der Waals surface area (Å²) < 4.78 is 0. The van der Waals surface area contributed by atoms with Gasteiger partial charge in [0.15, 0.2) is 0 Å². The van der Waals surface area contributed by atoms with Crippen LogP contribution in [0.2, 0.25) is 0 Å². The predicted octanol–water partition coefficient (Wildman–Crippen LogP) is 7.13. The number of aromatic nitrogens is 1. The van der Waals surface area contributed by atoms with Crippen molar-refractivity contribution in [2.75, 3.05) is 0 Å². The van der Waals surface area contributed by atoms with E-state index in [1.165, 1.54) is 0 Å². The molecule has 270 valence electrons. The fourth-order valence-corrected chi connectivity index (χ4v) is 4.96. The van der Waals surface area contributed by atoms with Gasteiger partial charge in [-0.3, -0.25) is 9.88 Å². The van der Waals surface area contributed by atoms with Crippen molar-refractivity contribution < 1.29 is 46.6 Å². The van der Waals surface area contributed by atoms with Crippen LogP contribution < -0.4 is 20.4 Å². The van der Waals surface area contributed by atoms with Gasteiger partial charge >= 0.3 is 26.2 Å². The quantitative estimate of drug-likeness (QED) is 0.265. The molecule has 1 aromatic heterocycles. The van der Waals surface area contributed by atoms with Crippen molar-refractivity contribution in [3.05, 3.63) is 87.7 Å². The summed E-state index contributed by atoms with van der Waals surface area (Å²) in [6, 6.07) is 14.2. The van der Waals surface area contributed by atoms with Gasteiger partial charge in [-0.25, -0.2) is 0 Å². The Morgan fingerprint density at radius 3 is 1.18 bits per heavy atom. The summed E-state index contributed by atoms with van der Waals surface area (Å²) in [5.74, 6) is 0.181. The molecule has 0 aliphatic carbocycles. The fraction of sp³-hybridized carbons (Fsp3) is 0.595. The van der Waals surface area contributed by atoms with E-state index < -0.39 is 12.2 Å². The Morgan fingerprint density at radius 2 is 0.918 bits per heavy atom. The zero-order valence-corrected chi connectivity index (χ0v) is 35.9. The minimum absolute atomic E-state index is 0. The van der Waals surface area contributed by atoms with E-state index in [1.54, 1.807) is 33.9 Å². The Morgan fingerprint density at radius 1 is 0.571 bits per heavy atom. The smallest absolute Gasteiger partial charge is 0.872 e. The van der Waals surface area contributed by atoms with Gasteiger partial charge in [0.05, 0.1) is 5.69 Å². The Bertz CT molecular complexity index is 1330. The van der Waals surface area contributed by atoms with Crippen molar-refractivity contribution in [2.24, 2.45) is 0 Å². The molecule has 0 bridgehead atoms. The SMILES string of the molecule is CC(C)(C)c1cc(CN(Cc2ccccn2)Cc2cc(C(C)(C)C)cc(C(C)(C)C)c2[O-])c([O-])c(C(C)(C)C)c1.CC(C)[O-].CC(C)[O-].[Zr+4]. The molecule has 1 heterocycles. The molecule has 0 atom stereocenters. The van der Waals surface area contributed by atoms with Crippen molar-refractivity contribution in [1.82, 2.24) is 9.88 Å². The molecule has 0 N–H and O–H groups in total. The molecule has 0 saturated heterocycles. The van der Waals surface area contributed by atoms with E-state index in [4.69, 9.17) is 0 Å². The molecule has 49 heavy (non-hydrogen) atoms. The first-order valence-corrected chi connectivity index (χ1v) is 17.3. The molecule has 0 amide bonds. The van der Waals surface area contributed by atoms with Gasteiger partial charge in [0.2, 0.25) is 0 Å². The van der Waals surface area contributed by atoms with E-state index in [9.17, 15) is 20.4 Å². The topological polar surface area (TPSA) is 108 Å². The molecular formula is C42H64N2O4Zr. The van der Waals surface area contributed by atoms with Gasteiger partial charge in [-0.15, -0.1) is 23.7 Å². The number of hydrogen-bond acceptors (Lipinski definition) is 6. The predicted molar refractivity (Wildman–Crippen MR) is 194 cm³/mol. The summed E-state index contributed by atoms with van der Waals surface area (Å²) in [5.41, 5.74) is 5.68. The molecule has 0 spiro atoms. The fourth-order valence-electron chi connectivity index (χ4n) is 4.96. The minimum Gasteiger partial charge on any atom is -0.872 e. The zero-order chi connectivity index (χ0) is 37.4. The van der Waals surface area contributed by atoms with E-state index >= 15 is 0 Å². The number of pyridine rings is 1. The van der Waals surface area contributed by atoms with Gasteiger partial charge in [0.25, 0.3) is 0 Å². The monoisotopic (exact) mass is 750 g/mol. The largest absolute Gasteiger partial charge is 4.00 e. The molecule has 0 aliphatic heterocycles. The van der Waals surface area contributed by atoms with Crippen LogP contribution in [0.3, 0.4) is 0 Å². The molecule has 0 unspecified atom stereocenters. The van der Waals surface area contributed by atoms with E-state index in [-0.39, 0.29) is 59.4 Å². The van der Waals surface area contributed by atoms with Crippen LogP contribution in [0.4, 0.5) is 0 Å². The average Bonchev–Trinajstić information content (AvgIpc) is 2.88. The molecule has 0 radical (unpaired) electrons. The van der Waals surface area contributed by atoms with Gasteiger partial charge in [0.1, 0.15) is 0 Å². The maximum Gasteiger partial charge on any atom is 4.00 e. The second kappa shape index (κ2) is 19.0. The van der Waals surface area contributed by atoms with Crippen LogP contribution >= 0.6 is 0 Å². The number of benzene rings is 2. The van der Waals surface area contributed by atoms with Crippen molar-refractivity contribution in [2.45, 2.75) is 164 Å². The summed E-state index contributed by atoms with van der Waals surface area (Å²) >= 11 is 0. The van der Waals surface area contributed by atoms with E-state index in [2.05, 4.69) is 117 Å². The molecule has 2 aromatic carbocycles. The van der Waals surface area contributed by atoms with E-state index in [0.29, 0.717) is 19.6 Å². The number of nitrogens with zero attached hydrogens (tertiary/aromatic N) is 2. The Hall–Kier alpha value is -2.05. The van der Waals surface area contributed by atoms with Crippen LogP contribution in [0, 0.1) is 0 Å². The summed E-state index contributed by atoms with van der Waals surface area (Å²) in [4.78, 5) is 6.78. The molecule has 0 fully saturated rings. The summed E-state index contributed by atoms with van der Waals surface area (Å²) in [6.45, 7) is 33.6. The van der Waals surface area contributed by atoms with Gasteiger partial charge in [-0.1, -0.05) is 141 Å². The minimum atomic E-state index is -0.417. The third-order valence-electron chi connectivity index (χ3n) is 7.58. The van der Waals surface area contributed by atoms with Crippen molar-refractivity contribution in [3.8, 4) is 11.5 Å². The average molecular weight is 752 g/mol. The molecule has 0 aliphatic rings. The van der Waals surface area contributed by atoms with Gasteiger partial charge in [-0.05, 0) is 67.2 Å². The van der Waals surface area contributed by atoms with Gasteiger partial charge < -0.3 is 20.4 Å². The number of hydrogen-bond donors (Lipinski definition) is 0. The van der Waals surface area contributed by atoms with E-state index in [0.717, 1.165) is 39.1 Å². The first-order valence-electron chi connectivity index (χ1n) is 17.3. The number of rotatable bonds is 6. The van der Waals surface area contributed by atoms with Crippen LogP contribution in [-0.2, 0) is 67.5 Å². The maximum absolute atomic E-state index is 13.9. The van der Waals surface area contributed by atoms with Crippen LogP contribution in [-0.4, -0.2) is 22.1 Å². The normalized spacial score (nSPS) is 12.3. The van der Waals surface area contributed by atoms with Crippen LogP contribution in [0.25, 0.3) is 0 Å². The van der Waals surface area contributed by atoms with Gasteiger partial charge in [-0.2, -0.15) is 0 Å². The molecule has 3 aromatic rings. The standard InChI is InChI=1S/C36H52N2O2.2C3H7O.Zr/c1-33(2,3)26-17-24(31(39)29(19-26)35(7,8)9)21-38(23-28-15-13-14-16-37-28)22-25-18-27(34(4,5)6)20-30(32(25)40)36(10,11)12;2*1-3(2)4;/h13-20,39-40H,21-23H2,1-12H3;2*3H,1-2H3;/q;2*-1;+4/p-2. The van der Waals surface area contributed by atoms with Crippen LogP contribution in [0.15, 0.2) is 48.7 Å². The molecule has 0 saturated carbocycles. The van der Waals surface area contributed by atoms with Crippen LogP contribution in [0.5, 0.6) is 11.5 Å². The van der Waals surface area contributed by atoms with Gasteiger partial charge in [0, 0.05) is 25.8 Å². The first-order chi connectivity index (χ1) is 21.6. The van der Waals surface area contributed by atoms with Crippen molar-refractivity contribution >= 4 is 0 Å². The third-order valence-corrected chi connectivity index (χ3v) is 7.58.